The molecule has 40 heavy (non-hydrogen) atoms. The minimum Gasteiger partial charge on any atom is -0.481 e. The van der Waals surface area contributed by atoms with Crippen molar-refractivity contribution in [3.05, 3.63) is 0 Å². The number of carbonyl (C=O) groups is 7. The highest BCUT2D eigenvalue weighted by molar-refractivity contribution is 8.13. The summed E-state index contributed by atoms with van der Waals surface area (Å²) in [5.41, 5.74) is -1.30. The fourth-order valence-corrected chi connectivity index (χ4v) is 4.27. The largest absolute Gasteiger partial charge is 0.508 e. The number of rotatable bonds is 8. The summed E-state index contributed by atoms with van der Waals surface area (Å²) in [7, 11) is 5.39. The van der Waals surface area contributed by atoms with Gasteiger partial charge in [0.05, 0.1) is 40.4 Å². The summed E-state index contributed by atoms with van der Waals surface area (Å²) in [5.74, 6) is -3.37. The molecular formula is C25H40N3O11S+. The van der Waals surface area contributed by atoms with Crippen LogP contribution in [0.1, 0.15) is 46.0 Å². The van der Waals surface area contributed by atoms with Gasteiger partial charge < -0.3 is 34.4 Å². The maximum absolute atomic E-state index is 13.0. The molecule has 0 aromatic rings. The third kappa shape index (κ3) is 14.8. The number of nitrogens with one attached hydrogen (secondary N) is 2. The van der Waals surface area contributed by atoms with E-state index in [1.165, 1.54) is 13.8 Å². The molecule has 1 heterocycles. The first-order valence-corrected chi connectivity index (χ1v) is 13.7. The van der Waals surface area contributed by atoms with E-state index in [-0.39, 0.29) is 62.1 Å². The number of carboxylic acid groups (broad SMARTS) is 1. The second-order valence-electron chi connectivity index (χ2n) is 11.0. The first-order valence-electron chi connectivity index (χ1n) is 12.8. The first kappa shape index (κ1) is 34.8. The Balaban J connectivity index is 2.96. The molecule has 0 aliphatic carbocycles. The third-order valence-electron chi connectivity index (χ3n) is 5.46. The molecule has 0 unspecified atom stereocenters. The summed E-state index contributed by atoms with van der Waals surface area (Å²) in [4.78, 5) is 85.1. The maximum Gasteiger partial charge on any atom is 0.508 e. The van der Waals surface area contributed by atoms with E-state index < -0.39 is 60.4 Å². The minimum absolute atomic E-state index is 0.0792. The topological polar surface area (TPSA) is 191 Å². The number of Topliss-reactive ketones (excluding diaryl/α,β-unsaturated/α-hetero) is 1. The van der Waals surface area contributed by atoms with Gasteiger partial charge in [-0.3, -0.25) is 28.8 Å². The normalized spacial score (nSPS) is 19.9. The molecule has 226 valence electrons. The lowest BCUT2D eigenvalue weighted by Crippen LogP contribution is -2.49. The van der Waals surface area contributed by atoms with Gasteiger partial charge in [-0.2, -0.15) is 0 Å². The number of likely N-dealkylation sites (N-methyl/N-ethyl adjacent to an activating group) is 1. The summed E-state index contributed by atoms with van der Waals surface area (Å²) in [6.07, 6.45) is -5.16. The van der Waals surface area contributed by atoms with Crippen LogP contribution in [0.3, 0.4) is 0 Å². The monoisotopic (exact) mass is 590 g/mol. The minimum atomic E-state index is -1.49. The SMILES string of the molecule is CC(C)(COC(=O)O[C@H](CC(=O)O)C[N+](C)(C)C)[C@H]1OC(=O)CCC(=O)CC(=O)SCCNC(=O)CCNC1=O. The molecule has 0 radical (unpaired) electrons. The van der Waals surface area contributed by atoms with Crippen molar-refractivity contribution in [2.24, 2.45) is 5.41 Å². The predicted molar refractivity (Wildman–Crippen MR) is 142 cm³/mol. The lowest BCUT2D eigenvalue weighted by Gasteiger charge is -2.32. The van der Waals surface area contributed by atoms with Crippen molar-refractivity contribution in [1.82, 2.24) is 10.6 Å². The number of ketones is 1. The van der Waals surface area contributed by atoms with Gasteiger partial charge in [0.25, 0.3) is 5.91 Å². The third-order valence-corrected chi connectivity index (χ3v) is 6.34. The Hall–Kier alpha value is -3.20. The Labute approximate surface area is 237 Å². The molecule has 0 aromatic carbocycles. The van der Waals surface area contributed by atoms with Gasteiger partial charge in [-0.15, -0.1) is 0 Å². The van der Waals surface area contributed by atoms with Gasteiger partial charge in [0.2, 0.25) is 5.91 Å². The number of ether oxygens (including phenoxy) is 3. The Bertz CT molecular complexity index is 962. The summed E-state index contributed by atoms with van der Waals surface area (Å²) in [5, 5.41) is 13.9. The molecule has 14 nitrogen and oxygen atoms in total. The van der Waals surface area contributed by atoms with Crippen molar-refractivity contribution >= 4 is 52.6 Å². The van der Waals surface area contributed by atoms with Gasteiger partial charge in [-0.1, -0.05) is 25.6 Å². The molecule has 0 spiro atoms. The predicted octanol–water partition coefficient (Wildman–Crippen LogP) is 0.262. The number of hydrogen-bond donors (Lipinski definition) is 3. The number of thioether (sulfide) groups is 1. The molecule has 2 atom stereocenters. The van der Waals surface area contributed by atoms with Crippen LogP contribution < -0.4 is 10.6 Å². The highest BCUT2D eigenvalue weighted by Crippen LogP contribution is 2.26. The van der Waals surface area contributed by atoms with Gasteiger partial charge in [0.1, 0.15) is 18.9 Å². The van der Waals surface area contributed by atoms with E-state index in [1.54, 1.807) is 21.1 Å². The molecule has 15 heteroatoms. The molecule has 1 fully saturated rings. The molecule has 1 aliphatic rings. The summed E-state index contributed by atoms with van der Waals surface area (Å²) < 4.78 is 16.1. The maximum atomic E-state index is 13.0. The molecule has 1 rings (SSSR count). The number of carbonyl (C=O) groups excluding carboxylic acids is 6. The number of esters is 1. The smallest absolute Gasteiger partial charge is 0.481 e. The van der Waals surface area contributed by atoms with Crippen LogP contribution in [0.2, 0.25) is 0 Å². The number of aliphatic carboxylic acids is 1. The molecular weight excluding hydrogens is 550 g/mol. The van der Waals surface area contributed by atoms with Gasteiger partial charge in [-0.25, -0.2) is 4.79 Å². The van der Waals surface area contributed by atoms with Crippen molar-refractivity contribution in [1.29, 1.82) is 0 Å². The molecule has 0 saturated carbocycles. The molecule has 0 aromatic heterocycles. The van der Waals surface area contributed by atoms with Gasteiger partial charge >= 0.3 is 18.1 Å². The van der Waals surface area contributed by atoms with Crippen LogP contribution in [0.25, 0.3) is 0 Å². The Morgan fingerprint density at radius 2 is 1.75 bits per heavy atom. The standard InChI is InChI=1S/C25H39N3O11S/c1-25(2,15-37-24(36)38-17(13-19(31)32)14-28(3,4)5)22-23(35)27-9-8-18(30)26-10-11-40-21(34)12-16(29)6-7-20(33)39-22/h17,22H,6-15H2,1-5H3,(H2-,26,27,30,31,32,35)/p+1/t17-,22+/m1/s1. The number of cyclic esters (lactones) is 1. The van der Waals surface area contributed by atoms with Crippen LogP contribution in [0.15, 0.2) is 0 Å². The number of nitrogens with zero attached hydrogens (tertiary/aromatic N) is 1. The second-order valence-corrected chi connectivity index (χ2v) is 12.2. The fraction of sp³-hybridized carbons (Fsp3) is 0.720. The summed E-state index contributed by atoms with van der Waals surface area (Å²) in [6, 6.07) is 0. The molecule has 1 saturated heterocycles. The quantitative estimate of drug-likeness (QED) is 0.199. The van der Waals surface area contributed by atoms with E-state index >= 15 is 0 Å². The van der Waals surface area contributed by atoms with Crippen LogP contribution in [0.5, 0.6) is 0 Å². The van der Waals surface area contributed by atoms with E-state index in [9.17, 15) is 33.6 Å². The Morgan fingerprint density at radius 3 is 2.38 bits per heavy atom. The number of carboxylic acids is 1. The van der Waals surface area contributed by atoms with Crippen molar-refractivity contribution in [3.63, 3.8) is 0 Å². The zero-order chi connectivity index (χ0) is 30.5. The van der Waals surface area contributed by atoms with E-state index in [1.807, 2.05) is 0 Å². The zero-order valence-electron chi connectivity index (χ0n) is 23.6. The second kappa shape index (κ2) is 16.2. The van der Waals surface area contributed by atoms with Crippen LogP contribution in [-0.4, -0.2) is 116 Å². The highest BCUT2D eigenvalue weighted by atomic mass is 32.2. The molecule has 0 bridgehead atoms. The fourth-order valence-electron chi connectivity index (χ4n) is 3.58. The molecule has 3 N–H and O–H groups in total. The van der Waals surface area contributed by atoms with Crippen molar-refractivity contribution in [2.45, 2.75) is 58.2 Å². The summed E-state index contributed by atoms with van der Waals surface area (Å²) in [6.45, 7) is 2.86. The van der Waals surface area contributed by atoms with Gasteiger partial charge in [0.15, 0.2) is 17.3 Å². The number of amides is 2. The van der Waals surface area contributed by atoms with Crippen molar-refractivity contribution < 1.29 is 57.4 Å². The zero-order valence-corrected chi connectivity index (χ0v) is 24.4. The lowest BCUT2D eigenvalue weighted by molar-refractivity contribution is -0.873. The van der Waals surface area contributed by atoms with Crippen LogP contribution in [0, 0.1) is 5.41 Å². The van der Waals surface area contributed by atoms with E-state index in [0.717, 1.165) is 11.8 Å². The van der Waals surface area contributed by atoms with Crippen LogP contribution in [0.4, 0.5) is 4.79 Å². The van der Waals surface area contributed by atoms with Crippen molar-refractivity contribution in [2.75, 3.05) is 53.1 Å². The average molecular weight is 591 g/mol. The van der Waals surface area contributed by atoms with Gasteiger partial charge in [0, 0.05) is 37.1 Å². The van der Waals surface area contributed by atoms with E-state index in [2.05, 4.69) is 10.6 Å². The van der Waals surface area contributed by atoms with Crippen LogP contribution in [-0.2, 0) is 43.0 Å². The van der Waals surface area contributed by atoms with E-state index in [4.69, 9.17) is 19.3 Å². The van der Waals surface area contributed by atoms with Crippen LogP contribution >= 0.6 is 11.8 Å². The first-order chi connectivity index (χ1) is 18.5. The highest BCUT2D eigenvalue weighted by Gasteiger charge is 2.40. The van der Waals surface area contributed by atoms with Gasteiger partial charge in [-0.05, 0) is 0 Å². The van der Waals surface area contributed by atoms with E-state index in [0.29, 0.717) is 4.48 Å². The number of hydrogen-bond acceptors (Lipinski definition) is 11. The van der Waals surface area contributed by atoms with Crippen molar-refractivity contribution in [3.8, 4) is 0 Å². The summed E-state index contributed by atoms with van der Waals surface area (Å²) >= 11 is 0.902. The lowest BCUT2D eigenvalue weighted by atomic mass is 9.86. The Morgan fingerprint density at radius 1 is 1.07 bits per heavy atom. The average Bonchev–Trinajstić information content (AvgIpc) is 2.80. The molecule has 2 amide bonds. The Kier molecular flexibility index (Phi) is 14.1. The number of quaternary nitrogens is 1. The molecule has 1 aliphatic heterocycles.